The summed E-state index contributed by atoms with van der Waals surface area (Å²) in [5.74, 6) is -0.452. The van der Waals surface area contributed by atoms with E-state index < -0.39 is 97.5 Å². The van der Waals surface area contributed by atoms with Gasteiger partial charge in [0.05, 0.1) is 26.4 Å². The fraction of sp³-hybridized carbons (Fsp3) is 0.951. The van der Waals surface area contributed by atoms with Crippen molar-refractivity contribution in [2.24, 2.45) is 11.8 Å². The quantitative estimate of drug-likeness (QED) is 0.0222. The molecule has 0 bridgehead atoms. The van der Waals surface area contributed by atoms with Gasteiger partial charge in [-0.2, -0.15) is 0 Å². The average molecular weight is 1480 g/mol. The number of aliphatic hydroxyl groups is 1. The van der Waals surface area contributed by atoms with Crippen LogP contribution in [0.1, 0.15) is 433 Å². The van der Waals surface area contributed by atoms with E-state index in [9.17, 15) is 43.2 Å². The number of rotatable bonds is 81. The average Bonchev–Trinajstić information content (AvgIpc) is 0.970. The molecule has 0 saturated carbocycles. The van der Waals surface area contributed by atoms with E-state index in [4.69, 9.17) is 37.0 Å². The number of hydrogen-bond donors (Lipinski definition) is 3. The molecule has 0 aromatic heterocycles. The van der Waals surface area contributed by atoms with Gasteiger partial charge in [0.15, 0.2) is 12.2 Å². The predicted molar refractivity (Wildman–Crippen MR) is 414 cm³/mol. The molecule has 0 rings (SSSR count). The summed E-state index contributed by atoms with van der Waals surface area (Å²) in [6, 6.07) is 0. The molecule has 0 fully saturated rings. The molecule has 0 aliphatic carbocycles. The van der Waals surface area contributed by atoms with Gasteiger partial charge in [0.25, 0.3) is 0 Å². The van der Waals surface area contributed by atoms with Crippen LogP contribution in [0.5, 0.6) is 0 Å². The summed E-state index contributed by atoms with van der Waals surface area (Å²) in [6.45, 7) is 9.73. The molecule has 0 aromatic carbocycles. The van der Waals surface area contributed by atoms with Gasteiger partial charge in [0.2, 0.25) is 0 Å². The number of aliphatic hydroxyl groups excluding tert-OH is 1. The number of ether oxygens (including phenoxy) is 4. The normalized spacial score (nSPS) is 14.2. The third-order valence-corrected chi connectivity index (χ3v) is 21.5. The molecule has 0 aliphatic rings. The van der Waals surface area contributed by atoms with Crippen LogP contribution in [0, 0.1) is 11.8 Å². The van der Waals surface area contributed by atoms with Crippen LogP contribution in [0.25, 0.3) is 0 Å². The van der Waals surface area contributed by atoms with Crippen LogP contribution in [0.2, 0.25) is 0 Å². The Morgan fingerprint density at radius 1 is 0.287 bits per heavy atom. The summed E-state index contributed by atoms with van der Waals surface area (Å²) < 4.78 is 68.8. The van der Waals surface area contributed by atoms with Crippen molar-refractivity contribution >= 4 is 39.5 Å². The summed E-state index contributed by atoms with van der Waals surface area (Å²) in [4.78, 5) is 73.1. The monoisotopic (exact) mass is 1480 g/mol. The Kier molecular flexibility index (Phi) is 72.2. The standard InChI is InChI=1S/C82H160O17P2/c1-7-10-12-14-16-18-20-27-36-42-48-54-60-66-81(86)98-77(70-92-79(84)64-58-52-46-40-34-21-19-17-15-13-11-8-2)72-96-100(88,89)94-68-76(83)69-95-101(90,91)97-73-78(99-82(87)67-61-55-49-43-37-31-24-22-23-28-32-38-44-50-56-62-74(4)5)71-93-80(85)65-59-53-47-41-35-30-26-25-29-33-39-45-51-57-63-75(6)9-3/h74-78,83H,7-73H2,1-6H3,(H,88,89)(H,90,91)/t75?,76-,77+,78+/m0/s1. The largest absolute Gasteiger partial charge is 0.472 e. The Labute approximate surface area is 619 Å². The summed E-state index contributed by atoms with van der Waals surface area (Å²) in [5.41, 5.74) is 0. The molecular formula is C82H160O17P2. The van der Waals surface area contributed by atoms with E-state index in [2.05, 4.69) is 41.5 Å². The molecule has 0 amide bonds. The predicted octanol–water partition coefficient (Wildman–Crippen LogP) is 24.7. The lowest BCUT2D eigenvalue weighted by Gasteiger charge is -2.21. The highest BCUT2D eigenvalue weighted by Crippen LogP contribution is 2.45. The van der Waals surface area contributed by atoms with Crippen molar-refractivity contribution in [1.82, 2.24) is 0 Å². The smallest absolute Gasteiger partial charge is 0.462 e. The minimum absolute atomic E-state index is 0.108. The highest BCUT2D eigenvalue weighted by Gasteiger charge is 2.30. The van der Waals surface area contributed by atoms with E-state index in [1.54, 1.807) is 0 Å². The van der Waals surface area contributed by atoms with Crippen molar-refractivity contribution in [3.8, 4) is 0 Å². The molecule has 0 spiro atoms. The number of carbonyl (C=O) groups excluding carboxylic acids is 4. The molecule has 0 aliphatic heterocycles. The van der Waals surface area contributed by atoms with E-state index in [0.29, 0.717) is 25.7 Å². The van der Waals surface area contributed by atoms with E-state index in [1.807, 2.05) is 0 Å². The summed E-state index contributed by atoms with van der Waals surface area (Å²) in [5, 5.41) is 10.7. The molecule has 6 atom stereocenters. The maximum Gasteiger partial charge on any atom is 0.472 e. The molecule has 17 nitrogen and oxygen atoms in total. The molecule has 101 heavy (non-hydrogen) atoms. The van der Waals surface area contributed by atoms with Gasteiger partial charge in [-0.3, -0.25) is 37.3 Å². The maximum atomic E-state index is 13.1. The van der Waals surface area contributed by atoms with Gasteiger partial charge in [-0.05, 0) is 37.5 Å². The van der Waals surface area contributed by atoms with Gasteiger partial charge >= 0.3 is 39.5 Å². The van der Waals surface area contributed by atoms with Crippen LogP contribution in [0.4, 0.5) is 0 Å². The van der Waals surface area contributed by atoms with Gasteiger partial charge < -0.3 is 33.8 Å². The molecule has 19 heteroatoms. The van der Waals surface area contributed by atoms with Gasteiger partial charge in [-0.15, -0.1) is 0 Å². The number of phosphoric acid groups is 2. The Balaban J connectivity index is 5.25. The zero-order valence-electron chi connectivity index (χ0n) is 66.2. The van der Waals surface area contributed by atoms with Crippen LogP contribution in [-0.2, 0) is 65.4 Å². The van der Waals surface area contributed by atoms with Crippen molar-refractivity contribution in [3.63, 3.8) is 0 Å². The topological polar surface area (TPSA) is 237 Å². The van der Waals surface area contributed by atoms with Gasteiger partial charge in [0, 0.05) is 25.7 Å². The molecule has 0 heterocycles. The second-order valence-corrected chi connectivity index (χ2v) is 33.1. The van der Waals surface area contributed by atoms with E-state index in [1.165, 1.54) is 250 Å². The first-order valence-electron chi connectivity index (χ1n) is 42.5. The van der Waals surface area contributed by atoms with Crippen molar-refractivity contribution < 1.29 is 80.2 Å². The highest BCUT2D eigenvalue weighted by atomic mass is 31.2. The minimum Gasteiger partial charge on any atom is -0.462 e. The van der Waals surface area contributed by atoms with Gasteiger partial charge in [-0.1, -0.05) is 382 Å². The van der Waals surface area contributed by atoms with Crippen LogP contribution >= 0.6 is 15.6 Å². The lowest BCUT2D eigenvalue weighted by molar-refractivity contribution is -0.161. The Hall–Kier alpha value is -1.94. The van der Waals surface area contributed by atoms with Crippen LogP contribution in [0.3, 0.4) is 0 Å². The lowest BCUT2D eigenvalue weighted by atomic mass is 9.99. The number of esters is 4. The van der Waals surface area contributed by atoms with Crippen molar-refractivity contribution in [2.45, 2.75) is 452 Å². The van der Waals surface area contributed by atoms with E-state index in [-0.39, 0.29) is 25.7 Å². The summed E-state index contributed by atoms with van der Waals surface area (Å²) >= 11 is 0. The van der Waals surface area contributed by atoms with Crippen molar-refractivity contribution in [2.75, 3.05) is 39.6 Å². The Morgan fingerprint density at radius 3 is 0.752 bits per heavy atom. The number of unbranched alkanes of at least 4 members (excludes halogenated alkanes) is 50. The number of phosphoric ester groups is 2. The van der Waals surface area contributed by atoms with Crippen LogP contribution in [0.15, 0.2) is 0 Å². The zero-order valence-corrected chi connectivity index (χ0v) is 68.0. The first-order valence-corrected chi connectivity index (χ1v) is 45.5. The number of carbonyl (C=O) groups is 4. The third kappa shape index (κ3) is 74.7. The molecule has 0 aromatic rings. The van der Waals surface area contributed by atoms with Gasteiger partial charge in [0.1, 0.15) is 19.3 Å². The molecule has 3 N–H and O–H groups in total. The number of hydrogen-bond acceptors (Lipinski definition) is 15. The Morgan fingerprint density at radius 2 is 0.505 bits per heavy atom. The van der Waals surface area contributed by atoms with Crippen molar-refractivity contribution in [1.29, 1.82) is 0 Å². The van der Waals surface area contributed by atoms with E-state index >= 15 is 0 Å². The molecule has 0 saturated heterocycles. The summed E-state index contributed by atoms with van der Waals surface area (Å²) in [7, 11) is -9.92. The fourth-order valence-corrected chi connectivity index (χ4v) is 14.3. The molecule has 3 unspecified atom stereocenters. The maximum absolute atomic E-state index is 13.1. The zero-order chi connectivity index (χ0) is 74.2. The lowest BCUT2D eigenvalue weighted by Crippen LogP contribution is -2.30. The molecule has 0 radical (unpaired) electrons. The minimum atomic E-state index is -4.96. The SMILES string of the molecule is CCCCCCCCCCCCCCCC(=O)O[C@H](COC(=O)CCCCCCCCCCCCCC)COP(=O)(O)OC[C@H](O)COP(=O)(O)OC[C@@H](COC(=O)CCCCCCCCCCCCCCCCC(C)CC)OC(=O)CCCCCCCCCCCCCCCCCC(C)C. The first kappa shape index (κ1) is 99.1. The Bertz CT molecular complexity index is 1940. The second kappa shape index (κ2) is 73.6. The fourth-order valence-electron chi connectivity index (χ4n) is 12.7. The first-order chi connectivity index (χ1) is 48.9. The third-order valence-electron chi connectivity index (χ3n) is 19.6. The molecular weight excluding hydrogens is 1320 g/mol. The summed E-state index contributed by atoms with van der Waals surface area (Å²) in [6.07, 6.45) is 63.6. The molecule has 600 valence electrons. The van der Waals surface area contributed by atoms with Gasteiger partial charge in [-0.25, -0.2) is 9.13 Å². The second-order valence-electron chi connectivity index (χ2n) is 30.2. The van der Waals surface area contributed by atoms with Crippen LogP contribution in [-0.4, -0.2) is 96.7 Å². The van der Waals surface area contributed by atoms with Crippen LogP contribution < -0.4 is 0 Å². The highest BCUT2D eigenvalue weighted by molar-refractivity contribution is 7.47. The van der Waals surface area contributed by atoms with E-state index in [0.717, 1.165) is 102 Å². The van der Waals surface area contributed by atoms with Crippen molar-refractivity contribution in [3.05, 3.63) is 0 Å².